The van der Waals surface area contributed by atoms with E-state index in [1.54, 1.807) is 0 Å². The van der Waals surface area contributed by atoms with Gasteiger partial charge in [-0.15, -0.1) is 0 Å². The average Bonchev–Trinajstić information content (AvgIpc) is 2.67. The van der Waals surface area contributed by atoms with E-state index < -0.39 is 0 Å². The summed E-state index contributed by atoms with van der Waals surface area (Å²) in [6.45, 7) is 0. The minimum atomic E-state index is -0.193. The van der Waals surface area contributed by atoms with Gasteiger partial charge in [-0.3, -0.25) is 0 Å². The fraction of sp³-hybridized carbons (Fsp3) is 0.167. The summed E-state index contributed by atoms with van der Waals surface area (Å²) in [6.07, 6.45) is 5.00. The van der Waals surface area contributed by atoms with Crippen LogP contribution in [0.5, 0.6) is 0 Å². The van der Waals surface area contributed by atoms with Crippen molar-refractivity contribution in [2.45, 2.75) is 25.7 Å². The Morgan fingerprint density at radius 3 is 2.20 bits per heavy atom. The van der Waals surface area contributed by atoms with Crippen molar-refractivity contribution in [3.05, 3.63) is 83.7 Å². The minimum Gasteiger partial charge on any atom is -0.207 e. The van der Waals surface area contributed by atoms with Gasteiger partial charge in [-0.05, 0) is 87.7 Å². The molecule has 0 saturated carbocycles. The number of hydrogen-bond acceptors (Lipinski definition) is 0. The molecule has 0 aliphatic heterocycles. The molecule has 0 heterocycles. The van der Waals surface area contributed by atoms with E-state index in [1.165, 1.54) is 70.5 Å². The van der Waals surface area contributed by atoms with E-state index in [2.05, 4.69) is 42.5 Å². The maximum absolute atomic E-state index is 13.2. The van der Waals surface area contributed by atoms with Crippen LogP contribution in [0.2, 0.25) is 0 Å². The van der Waals surface area contributed by atoms with E-state index in [-0.39, 0.29) is 5.82 Å². The maximum Gasteiger partial charge on any atom is 0.123 e. The van der Waals surface area contributed by atoms with Crippen molar-refractivity contribution in [2.75, 3.05) is 0 Å². The van der Waals surface area contributed by atoms with Gasteiger partial charge in [-0.25, -0.2) is 4.39 Å². The lowest BCUT2D eigenvalue weighted by Crippen LogP contribution is -2.03. The Labute approximate surface area is 146 Å². The fourth-order valence-corrected chi connectivity index (χ4v) is 4.21. The van der Waals surface area contributed by atoms with Gasteiger partial charge in [-0.2, -0.15) is 0 Å². The van der Waals surface area contributed by atoms with Crippen LogP contribution in [0.3, 0.4) is 0 Å². The Morgan fingerprint density at radius 1 is 0.600 bits per heavy atom. The van der Waals surface area contributed by atoms with Crippen LogP contribution in [0.1, 0.15) is 24.0 Å². The van der Waals surface area contributed by atoms with Gasteiger partial charge < -0.3 is 0 Å². The summed E-state index contributed by atoms with van der Waals surface area (Å²) in [7, 11) is 0. The molecule has 5 rings (SSSR count). The molecule has 1 heteroatoms. The first-order valence-corrected chi connectivity index (χ1v) is 9.03. The normalized spacial score (nSPS) is 14.0. The molecule has 0 spiro atoms. The molecule has 25 heavy (non-hydrogen) atoms. The second-order valence-corrected chi connectivity index (χ2v) is 7.01. The molecule has 0 unspecified atom stereocenters. The number of aryl methyl sites for hydroxylation is 2. The lowest BCUT2D eigenvalue weighted by molar-refractivity contribution is 0.628. The Kier molecular flexibility index (Phi) is 3.34. The van der Waals surface area contributed by atoms with E-state index in [0.29, 0.717) is 0 Å². The van der Waals surface area contributed by atoms with E-state index in [4.69, 9.17) is 0 Å². The second-order valence-electron chi connectivity index (χ2n) is 7.01. The molecule has 0 bridgehead atoms. The number of fused-ring (bicyclic) bond motifs is 5. The third kappa shape index (κ3) is 2.42. The number of rotatable bonds is 1. The van der Waals surface area contributed by atoms with Crippen LogP contribution in [0.4, 0.5) is 4.39 Å². The van der Waals surface area contributed by atoms with Crippen molar-refractivity contribution in [3.8, 4) is 11.1 Å². The Morgan fingerprint density at radius 2 is 1.32 bits per heavy atom. The fourth-order valence-electron chi connectivity index (χ4n) is 4.21. The lowest BCUT2D eigenvalue weighted by atomic mass is 9.86. The first-order chi connectivity index (χ1) is 12.3. The summed E-state index contributed by atoms with van der Waals surface area (Å²) in [5, 5.41) is 5.28. The maximum atomic E-state index is 13.2. The van der Waals surface area contributed by atoms with E-state index in [1.807, 2.05) is 12.1 Å². The zero-order valence-corrected chi connectivity index (χ0v) is 14.1. The zero-order valence-electron chi connectivity index (χ0n) is 14.1. The second kappa shape index (κ2) is 5.70. The SMILES string of the molecule is Fc1ccc(-c2ccc3ccc4c5c(ccc4c3c2)CCCC5)cc1. The van der Waals surface area contributed by atoms with Crippen LogP contribution in [0, 0.1) is 5.82 Å². The van der Waals surface area contributed by atoms with Crippen molar-refractivity contribution in [3.63, 3.8) is 0 Å². The van der Waals surface area contributed by atoms with Crippen LogP contribution < -0.4 is 0 Å². The highest BCUT2D eigenvalue weighted by Gasteiger charge is 2.13. The molecule has 0 atom stereocenters. The van der Waals surface area contributed by atoms with Crippen molar-refractivity contribution < 1.29 is 4.39 Å². The Hall–Kier alpha value is -2.67. The third-order valence-electron chi connectivity index (χ3n) is 5.53. The van der Waals surface area contributed by atoms with Gasteiger partial charge in [0.25, 0.3) is 0 Å². The van der Waals surface area contributed by atoms with Gasteiger partial charge in [0.1, 0.15) is 5.82 Å². The highest BCUT2D eigenvalue weighted by atomic mass is 19.1. The molecule has 4 aromatic carbocycles. The smallest absolute Gasteiger partial charge is 0.123 e. The predicted octanol–water partition coefficient (Wildman–Crippen LogP) is 6.68. The summed E-state index contributed by atoms with van der Waals surface area (Å²) < 4.78 is 13.2. The molecule has 122 valence electrons. The summed E-state index contributed by atoms with van der Waals surface area (Å²) in [5.74, 6) is -0.193. The molecule has 0 amide bonds. The van der Waals surface area contributed by atoms with Crippen LogP contribution in [-0.4, -0.2) is 0 Å². The molecule has 0 nitrogen and oxygen atoms in total. The average molecular weight is 326 g/mol. The number of hydrogen-bond donors (Lipinski definition) is 0. The van der Waals surface area contributed by atoms with Gasteiger partial charge in [0.2, 0.25) is 0 Å². The molecule has 1 aliphatic rings. The number of benzene rings is 4. The summed E-state index contributed by atoms with van der Waals surface area (Å²) in [6, 6.07) is 22.4. The summed E-state index contributed by atoms with van der Waals surface area (Å²) in [4.78, 5) is 0. The highest BCUT2D eigenvalue weighted by molar-refractivity contribution is 6.10. The van der Waals surface area contributed by atoms with Gasteiger partial charge >= 0.3 is 0 Å². The van der Waals surface area contributed by atoms with Gasteiger partial charge in [0.05, 0.1) is 0 Å². The summed E-state index contributed by atoms with van der Waals surface area (Å²) >= 11 is 0. The molecule has 0 N–H and O–H groups in total. The van der Waals surface area contributed by atoms with Gasteiger partial charge in [0.15, 0.2) is 0 Å². The van der Waals surface area contributed by atoms with Gasteiger partial charge in [-0.1, -0.05) is 48.5 Å². The molecule has 1 aliphatic carbocycles. The predicted molar refractivity (Wildman–Crippen MR) is 103 cm³/mol. The standard InChI is InChI=1S/C24H19F/c25-20-11-7-16(8-12-20)19-6-5-18-10-13-22-21-4-2-1-3-17(21)9-14-23(22)24(18)15-19/h5-15H,1-4H2. The largest absolute Gasteiger partial charge is 0.207 e. The van der Waals surface area contributed by atoms with Gasteiger partial charge in [0, 0.05) is 0 Å². The monoisotopic (exact) mass is 326 g/mol. The zero-order chi connectivity index (χ0) is 16.8. The Balaban J connectivity index is 1.76. The molecule has 0 fully saturated rings. The molecule has 0 aromatic heterocycles. The molecule has 0 saturated heterocycles. The van der Waals surface area contributed by atoms with Crippen LogP contribution in [-0.2, 0) is 12.8 Å². The molecular weight excluding hydrogens is 307 g/mol. The Bertz CT molecular complexity index is 1090. The number of halogens is 1. The third-order valence-corrected chi connectivity index (χ3v) is 5.53. The summed E-state index contributed by atoms with van der Waals surface area (Å²) in [5.41, 5.74) is 5.25. The van der Waals surface area contributed by atoms with Crippen molar-refractivity contribution in [1.82, 2.24) is 0 Å². The first kappa shape index (κ1) is 14.7. The van der Waals surface area contributed by atoms with E-state index >= 15 is 0 Å². The highest BCUT2D eigenvalue weighted by Crippen LogP contribution is 2.35. The molecule has 0 radical (unpaired) electrons. The van der Waals surface area contributed by atoms with E-state index in [0.717, 1.165) is 11.1 Å². The lowest BCUT2D eigenvalue weighted by Gasteiger charge is -2.19. The van der Waals surface area contributed by atoms with Crippen LogP contribution >= 0.6 is 0 Å². The first-order valence-electron chi connectivity index (χ1n) is 9.03. The molecule has 4 aromatic rings. The van der Waals surface area contributed by atoms with Crippen molar-refractivity contribution in [2.24, 2.45) is 0 Å². The topological polar surface area (TPSA) is 0 Å². The van der Waals surface area contributed by atoms with E-state index in [9.17, 15) is 4.39 Å². The molecular formula is C24H19F. The van der Waals surface area contributed by atoms with Crippen molar-refractivity contribution in [1.29, 1.82) is 0 Å². The van der Waals surface area contributed by atoms with Crippen LogP contribution in [0.15, 0.2) is 66.7 Å². The minimum absolute atomic E-state index is 0.193. The van der Waals surface area contributed by atoms with Crippen LogP contribution in [0.25, 0.3) is 32.7 Å². The quantitative estimate of drug-likeness (QED) is 0.342. The van der Waals surface area contributed by atoms with Crippen molar-refractivity contribution >= 4 is 21.5 Å².